The van der Waals surface area contributed by atoms with Crippen molar-refractivity contribution in [3.8, 4) is 0 Å². The molecule has 0 spiro atoms. The number of hydrogen-bond acceptors (Lipinski definition) is 13. The molecule has 0 aromatic heterocycles. The smallest absolute Gasteiger partial charge is 0.328 e. The highest BCUT2D eigenvalue weighted by Gasteiger charge is 2.33. The van der Waals surface area contributed by atoms with Gasteiger partial charge < -0.3 is 61.7 Å². The maximum atomic E-state index is 12.6. The van der Waals surface area contributed by atoms with Crippen LogP contribution in [0.15, 0.2) is 34.9 Å². The van der Waals surface area contributed by atoms with E-state index in [4.69, 9.17) is 14.9 Å². The maximum Gasteiger partial charge on any atom is 0.328 e. The van der Waals surface area contributed by atoms with Crippen LogP contribution in [0, 0.1) is 15.6 Å². The summed E-state index contributed by atoms with van der Waals surface area (Å²) in [6, 6.07) is -2.94. The number of nitrogens with one attached hydrogen (secondary N) is 3. The minimum Gasteiger partial charge on any atom is -0.756 e. The van der Waals surface area contributed by atoms with Crippen molar-refractivity contribution >= 4 is 41.4 Å². The van der Waals surface area contributed by atoms with Crippen molar-refractivity contribution < 1.29 is 48.5 Å². The molecule has 1 heterocycles. The third-order valence-electron chi connectivity index (χ3n) is 8.09. The third-order valence-corrected chi connectivity index (χ3v) is 8.09. The number of piperazine rings is 1. The van der Waals surface area contributed by atoms with E-state index in [0.717, 1.165) is 18.2 Å². The molecular formula is C35H53N6O13-3. The number of hydroxylamine groups is 6. The van der Waals surface area contributed by atoms with Crippen molar-refractivity contribution in [1.29, 1.82) is 0 Å². The lowest BCUT2D eigenvalue weighted by molar-refractivity contribution is -0.147. The van der Waals surface area contributed by atoms with Crippen LogP contribution in [0.3, 0.4) is 0 Å². The fourth-order valence-electron chi connectivity index (χ4n) is 5.05. The monoisotopic (exact) mass is 765 g/mol. The predicted octanol–water partition coefficient (Wildman–Crippen LogP) is 0.331. The highest BCUT2D eigenvalue weighted by molar-refractivity contribution is 5.97. The molecule has 6 amide bonds. The molecule has 1 saturated heterocycles. The van der Waals surface area contributed by atoms with Crippen LogP contribution in [0.1, 0.15) is 85.5 Å². The lowest BCUT2D eigenvalue weighted by Crippen LogP contribution is -2.61. The summed E-state index contributed by atoms with van der Waals surface area (Å²) in [5.74, 6) is -4.75. The standard InChI is InChI=1S/C35H53N6O13/c1-23(11-17-42)20-30(45)39(51)14-5-8-27-33(48)38-28(34(49)37-27)9-6-15-40(52)32(47)22-25(3)13-19-54-35(50)29(36-26(4)44)10-7-16-41(53)31(46)21-24(2)12-18-43/h20-22,27-29,42-43H,5-19H2,1-4H3,(H,36,44)(H,37,49)(H,38,48)/q-3/b23-20+,24-21+,25-22+. The molecular weight excluding hydrogens is 712 g/mol. The van der Waals surface area contributed by atoms with Crippen LogP contribution < -0.4 is 16.0 Å². The highest BCUT2D eigenvalue weighted by atomic mass is 16.5. The molecule has 0 aromatic carbocycles. The summed E-state index contributed by atoms with van der Waals surface area (Å²) in [6.07, 6.45) is 4.40. The quantitative estimate of drug-likeness (QED) is 0.0504. The molecule has 0 radical (unpaired) electrons. The van der Waals surface area contributed by atoms with Crippen molar-refractivity contribution in [2.45, 2.75) is 104 Å². The van der Waals surface area contributed by atoms with Gasteiger partial charge in [-0.15, -0.1) is 0 Å². The van der Waals surface area contributed by atoms with Gasteiger partial charge in [-0.1, -0.05) is 16.7 Å². The second-order valence-electron chi connectivity index (χ2n) is 13.0. The van der Waals surface area contributed by atoms with Crippen LogP contribution in [0.5, 0.6) is 0 Å². The minimum absolute atomic E-state index is 0.00526. The van der Waals surface area contributed by atoms with E-state index in [-0.39, 0.29) is 112 Å². The largest absolute Gasteiger partial charge is 0.756 e. The van der Waals surface area contributed by atoms with E-state index in [1.165, 1.54) is 6.92 Å². The van der Waals surface area contributed by atoms with Crippen molar-refractivity contribution in [3.05, 3.63) is 50.6 Å². The Bertz CT molecular complexity index is 1400. The van der Waals surface area contributed by atoms with Crippen molar-refractivity contribution in [1.82, 2.24) is 31.1 Å². The minimum atomic E-state index is -1.09. The molecule has 1 fully saturated rings. The molecule has 5 N–H and O–H groups in total. The Balaban J connectivity index is 2.47. The van der Waals surface area contributed by atoms with E-state index in [0.29, 0.717) is 16.7 Å². The summed E-state index contributed by atoms with van der Waals surface area (Å²) in [6.45, 7) is 4.73. The molecule has 1 aliphatic rings. The molecule has 304 valence electrons. The second kappa shape index (κ2) is 25.4. The SMILES string of the molecule is CC(=O)NC(CCCN([O-])C(=O)/C=C(\C)CCO)C(=O)OCC/C(C)=C/C(=O)N([O-])CCCC1NC(=O)C(CCCN([O-])C(=O)/C=C(\C)CCO)NC1=O. The zero-order chi connectivity index (χ0) is 40.8. The van der Waals surface area contributed by atoms with Crippen LogP contribution in [0.2, 0.25) is 0 Å². The summed E-state index contributed by atoms with van der Waals surface area (Å²) < 4.78 is 5.22. The van der Waals surface area contributed by atoms with Gasteiger partial charge in [-0.05, 0) is 72.1 Å². The average molecular weight is 766 g/mol. The first-order valence-corrected chi connectivity index (χ1v) is 17.7. The molecule has 3 unspecified atom stereocenters. The van der Waals surface area contributed by atoms with Gasteiger partial charge in [-0.3, -0.25) is 28.8 Å². The molecule has 1 rings (SSSR count). The van der Waals surface area contributed by atoms with Gasteiger partial charge in [0.25, 0.3) is 0 Å². The number of aliphatic hydroxyl groups is 2. The summed E-state index contributed by atoms with van der Waals surface area (Å²) in [7, 11) is 0. The molecule has 0 aromatic rings. The molecule has 19 heteroatoms. The Morgan fingerprint density at radius 1 is 0.704 bits per heavy atom. The van der Waals surface area contributed by atoms with Crippen LogP contribution >= 0.6 is 0 Å². The summed E-state index contributed by atoms with van der Waals surface area (Å²) in [4.78, 5) is 85.6. The first kappa shape index (κ1) is 47.3. The Morgan fingerprint density at radius 2 is 1.09 bits per heavy atom. The van der Waals surface area contributed by atoms with Crippen LogP contribution in [-0.4, -0.2) is 124 Å². The first-order chi connectivity index (χ1) is 25.5. The van der Waals surface area contributed by atoms with Gasteiger partial charge >= 0.3 is 5.97 Å². The number of amides is 6. The summed E-state index contributed by atoms with van der Waals surface area (Å²) >= 11 is 0. The van der Waals surface area contributed by atoms with E-state index in [1.807, 2.05) is 0 Å². The zero-order valence-electron chi connectivity index (χ0n) is 31.3. The Kier molecular flexibility index (Phi) is 22.2. The van der Waals surface area contributed by atoms with Crippen molar-refractivity contribution in [2.75, 3.05) is 39.5 Å². The topological polar surface area (TPSA) is 284 Å². The van der Waals surface area contributed by atoms with Crippen molar-refractivity contribution in [2.24, 2.45) is 0 Å². The summed E-state index contributed by atoms with van der Waals surface area (Å²) in [5, 5.41) is 62.4. The number of carbonyl (C=O) groups excluding carboxylic acids is 7. The first-order valence-electron chi connectivity index (χ1n) is 17.7. The zero-order valence-corrected chi connectivity index (χ0v) is 31.3. The lowest BCUT2D eigenvalue weighted by atomic mass is 10.0. The predicted molar refractivity (Wildman–Crippen MR) is 195 cm³/mol. The number of aliphatic hydroxyl groups excluding tert-OH is 2. The van der Waals surface area contributed by atoms with Crippen LogP contribution in [-0.2, 0) is 38.3 Å². The maximum absolute atomic E-state index is 12.6. The van der Waals surface area contributed by atoms with E-state index in [1.54, 1.807) is 20.8 Å². The van der Waals surface area contributed by atoms with Gasteiger partial charge in [0.15, 0.2) is 0 Å². The molecule has 0 saturated carbocycles. The van der Waals surface area contributed by atoms with E-state index < -0.39 is 59.5 Å². The third kappa shape index (κ3) is 18.9. The fraction of sp³-hybridized carbons (Fsp3) is 0.629. The molecule has 19 nitrogen and oxygen atoms in total. The van der Waals surface area contributed by atoms with Gasteiger partial charge in [-0.25, -0.2) is 4.79 Å². The molecule has 0 aliphatic carbocycles. The normalized spacial score (nSPS) is 16.9. The van der Waals surface area contributed by atoms with Gasteiger partial charge in [0.2, 0.25) is 35.4 Å². The fourth-order valence-corrected chi connectivity index (χ4v) is 5.05. The van der Waals surface area contributed by atoms with Crippen molar-refractivity contribution in [3.63, 3.8) is 0 Å². The number of carbonyl (C=O) groups is 7. The number of nitrogens with zero attached hydrogens (tertiary/aromatic N) is 3. The van der Waals surface area contributed by atoms with Gasteiger partial charge in [0.1, 0.15) is 18.1 Å². The number of esters is 1. The van der Waals surface area contributed by atoms with Gasteiger partial charge in [0.05, 0.1) is 6.61 Å². The molecule has 54 heavy (non-hydrogen) atoms. The molecule has 3 atom stereocenters. The molecule has 1 aliphatic heterocycles. The van der Waals surface area contributed by atoms with Crippen LogP contribution in [0.25, 0.3) is 0 Å². The van der Waals surface area contributed by atoms with E-state index in [2.05, 4.69) is 16.0 Å². The average Bonchev–Trinajstić information content (AvgIpc) is 3.09. The Labute approximate surface area is 314 Å². The number of rotatable bonds is 24. The van der Waals surface area contributed by atoms with E-state index in [9.17, 15) is 49.2 Å². The van der Waals surface area contributed by atoms with Gasteiger partial charge in [0, 0.05) is 64.4 Å². The highest BCUT2D eigenvalue weighted by Crippen LogP contribution is 2.12. The molecule has 0 bridgehead atoms. The lowest BCUT2D eigenvalue weighted by Gasteiger charge is -2.32. The second-order valence-corrected chi connectivity index (χ2v) is 13.0. The van der Waals surface area contributed by atoms with E-state index >= 15 is 0 Å². The Hall–Kier alpha value is -4.69. The number of ether oxygens (including phenoxy) is 1. The Morgan fingerprint density at radius 3 is 1.48 bits per heavy atom. The van der Waals surface area contributed by atoms with Crippen LogP contribution in [0.4, 0.5) is 0 Å². The van der Waals surface area contributed by atoms with Gasteiger partial charge in [-0.2, -0.15) is 0 Å². The number of hydrogen-bond donors (Lipinski definition) is 5. The summed E-state index contributed by atoms with van der Waals surface area (Å²) in [5.41, 5.74) is 1.50.